The first-order chi connectivity index (χ1) is 11.7. The van der Waals surface area contributed by atoms with Crippen LogP contribution in [0.5, 0.6) is 0 Å². The molecule has 7 nitrogen and oxygen atoms in total. The Balaban J connectivity index is 1.85. The molecule has 1 atom stereocenters. The molecule has 0 aromatic carbocycles. The molecule has 1 unspecified atom stereocenters. The zero-order valence-electron chi connectivity index (χ0n) is 12.7. The number of nitrogens with two attached hydrogens (primary N) is 1. The monoisotopic (exact) mass is 321 g/mol. The zero-order valence-corrected chi connectivity index (χ0v) is 12.7. The van der Waals surface area contributed by atoms with E-state index in [1.807, 2.05) is 0 Å². The number of hydrogen-bond donors (Lipinski definition) is 2. The molecule has 0 fully saturated rings. The maximum atomic E-state index is 12.7. The summed E-state index contributed by atoms with van der Waals surface area (Å²) in [5.74, 6) is -0.358. The molecule has 0 aliphatic carbocycles. The van der Waals surface area contributed by atoms with Crippen LogP contribution < -0.4 is 11.1 Å². The number of nitrogens with one attached hydrogen (secondary N) is 1. The van der Waals surface area contributed by atoms with Crippen LogP contribution in [0.3, 0.4) is 0 Å². The van der Waals surface area contributed by atoms with Crippen LogP contribution >= 0.6 is 0 Å². The number of pyridine rings is 2. The van der Waals surface area contributed by atoms with Crippen molar-refractivity contribution in [3.05, 3.63) is 84.2 Å². The van der Waals surface area contributed by atoms with Crippen molar-refractivity contribution < 1.29 is 9.59 Å². The van der Waals surface area contributed by atoms with Crippen LogP contribution in [-0.2, 0) is 0 Å². The highest BCUT2D eigenvalue weighted by atomic mass is 16.2. The van der Waals surface area contributed by atoms with Crippen molar-refractivity contribution in [3.8, 4) is 0 Å². The highest BCUT2D eigenvalue weighted by Gasteiger charge is 2.27. The van der Waals surface area contributed by atoms with E-state index in [9.17, 15) is 9.59 Å². The number of carbonyl (C=O) groups is 2. The third-order valence-corrected chi connectivity index (χ3v) is 3.45. The van der Waals surface area contributed by atoms with Crippen LogP contribution in [0.4, 0.5) is 0 Å². The van der Waals surface area contributed by atoms with Gasteiger partial charge >= 0.3 is 0 Å². The molecule has 3 rings (SSSR count). The second-order valence-electron chi connectivity index (χ2n) is 5.03. The van der Waals surface area contributed by atoms with Crippen LogP contribution in [-0.4, -0.2) is 32.8 Å². The lowest BCUT2D eigenvalue weighted by molar-refractivity contribution is 0.0751. The zero-order chi connectivity index (χ0) is 16.9. The summed E-state index contributed by atoms with van der Waals surface area (Å²) in [5, 5.41) is 2.72. The van der Waals surface area contributed by atoms with E-state index in [1.165, 1.54) is 29.7 Å². The van der Waals surface area contributed by atoms with E-state index >= 15 is 0 Å². The van der Waals surface area contributed by atoms with Gasteiger partial charge in [0, 0.05) is 35.9 Å². The summed E-state index contributed by atoms with van der Waals surface area (Å²) in [5.41, 5.74) is 6.89. The minimum absolute atomic E-state index is 0.314. The van der Waals surface area contributed by atoms with Gasteiger partial charge in [-0.2, -0.15) is 0 Å². The first-order valence-corrected chi connectivity index (χ1v) is 7.26. The molecule has 3 N–H and O–H groups in total. The standard InChI is InChI=1S/C17H15N5O2/c18-14-2-1-3-15(21-16(23)12-4-8-19-9-5-12)22(14)17(24)13-6-10-20-11-7-13/h1-11,14H,18H2,(H,21,23). The van der Waals surface area contributed by atoms with Crippen LogP contribution in [0.1, 0.15) is 20.7 Å². The van der Waals surface area contributed by atoms with E-state index < -0.39 is 6.17 Å². The van der Waals surface area contributed by atoms with E-state index in [0.717, 1.165) is 0 Å². The van der Waals surface area contributed by atoms with Crippen molar-refractivity contribution in [1.29, 1.82) is 0 Å². The van der Waals surface area contributed by atoms with E-state index in [0.29, 0.717) is 16.9 Å². The quantitative estimate of drug-likeness (QED) is 0.880. The Morgan fingerprint density at radius 3 is 2.21 bits per heavy atom. The predicted molar refractivity (Wildman–Crippen MR) is 87.3 cm³/mol. The molecule has 0 radical (unpaired) electrons. The van der Waals surface area contributed by atoms with Gasteiger partial charge in [0.2, 0.25) is 0 Å². The Hall–Kier alpha value is -3.32. The van der Waals surface area contributed by atoms with Gasteiger partial charge in [-0.3, -0.25) is 24.5 Å². The topological polar surface area (TPSA) is 101 Å². The van der Waals surface area contributed by atoms with Crippen molar-refractivity contribution in [1.82, 2.24) is 20.2 Å². The molecule has 2 amide bonds. The van der Waals surface area contributed by atoms with Crippen molar-refractivity contribution in [2.24, 2.45) is 5.73 Å². The largest absolute Gasteiger partial charge is 0.308 e. The maximum Gasteiger partial charge on any atom is 0.261 e. The van der Waals surface area contributed by atoms with Crippen LogP contribution in [0.25, 0.3) is 0 Å². The summed E-state index contributed by atoms with van der Waals surface area (Å²) < 4.78 is 0. The Morgan fingerprint density at radius 2 is 1.58 bits per heavy atom. The molecule has 120 valence electrons. The number of nitrogens with zero attached hydrogens (tertiary/aromatic N) is 3. The van der Waals surface area contributed by atoms with E-state index in [2.05, 4.69) is 15.3 Å². The molecular weight excluding hydrogens is 306 g/mol. The Labute approximate surface area is 138 Å². The van der Waals surface area contributed by atoms with E-state index in [1.54, 1.807) is 42.5 Å². The lowest BCUT2D eigenvalue weighted by Crippen LogP contribution is -2.49. The molecule has 7 heteroatoms. The van der Waals surface area contributed by atoms with Gasteiger partial charge in [-0.15, -0.1) is 0 Å². The lowest BCUT2D eigenvalue weighted by atomic mass is 10.2. The molecule has 2 aromatic rings. The molecule has 0 bridgehead atoms. The third kappa shape index (κ3) is 3.21. The first kappa shape index (κ1) is 15.6. The summed E-state index contributed by atoms with van der Waals surface area (Å²) in [6.07, 6.45) is 10.4. The normalized spacial score (nSPS) is 16.5. The number of hydrogen-bond acceptors (Lipinski definition) is 5. The molecule has 0 saturated heterocycles. The molecule has 3 heterocycles. The molecule has 1 aliphatic heterocycles. The van der Waals surface area contributed by atoms with Crippen molar-refractivity contribution in [2.75, 3.05) is 0 Å². The Morgan fingerprint density at radius 1 is 1.00 bits per heavy atom. The van der Waals surface area contributed by atoms with Crippen LogP contribution in [0.15, 0.2) is 73.1 Å². The number of rotatable bonds is 3. The minimum atomic E-state index is -0.677. The van der Waals surface area contributed by atoms with E-state index in [4.69, 9.17) is 5.73 Å². The average molecular weight is 321 g/mol. The molecule has 1 aliphatic rings. The molecule has 24 heavy (non-hydrogen) atoms. The molecular formula is C17H15N5O2. The second-order valence-corrected chi connectivity index (χ2v) is 5.03. The number of aromatic nitrogens is 2. The molecule has 2 aromatic heterocycles. The summed E-state index contributed by atoms with van der Waals surface area (Å²) in [6, 6.07) is 6.36. The highest BCUT2D eigenvalue weighted by Crippen LogP contribution is 2.16. The molecule has 0 saturated carbocycles. The van der Waals surface area contributed by atoms with Gasteiger partial charge in [0.1, 0.15) is 12.0 Å². The van der Waals surface area contributed by atoms with Gasteiger partial charge in [-0.1, -0.05) is 6.08 Å². The van der Waals surface area contributed by atoms with Crippen LogP contribution in [0, 0.1) is 0 Å². The highest BCUT2D eigenvalue weighted by molar-refractivity contribution is 5.98. The van der Waals surface area contributed by atoms with Crippen molar-refractivity contribution in [2.45, 2.75) is 6.17 Å². The third-order valence-electron chi connectivity index (χ3n) is 3.45. The number of carbonyl (C=O) groups excluding carboxylic acids is 2. The number of allylic oxidation sites excluding steroid dienone is 2. The van der Waals surface area contributed by atoms with Crippen molar-refractivity contribution in [3.63, 3.8) is 0 Å². The van der Waals surface area contributed by atoms with Crippen LogP contribution in [0.2, 0.25) is 0 Å². The van der Waals surface area contributed by atoms with Gasteiger partial charge in [-0.25, -0.2) is 0 Å². The predicted octanol–water partition coefficient (Wildman–Crippen LogP) is 1.04. The van der Waals surface area contributed by atoms with Crippen molar-refractivity contribution >= 4 is 11.8 Å². The smallest absolute Gasteiger partial charge is 0.261 e. The maximum absolute atomic E-state index is 12.7. The fourth-order valence-electron chi connectivity index (χ4n) is 2.26. The Bertz CT molecular complexity index is 802. The van der Waals surface area contributed by atoms with Gasteiger partial charge < -0.3 is 11.1 Å². The number of amides is 2. The SMILES string of the molecule is NC1C=CC=C(NC(=O)c2ccncc2)N1C(=O)c1ccncc1. The average Bonchev–Trinajstić information content (AvgIpc) is 2.63. The van der Waals surface area contributed by atoms with Gasteiger partial charge in [0.25, 0.3) is 11.8 Å². The lowest BCUT2D eigenvalue weighted by Gasteiger charge is -2.31. The summed E-state index contributed by atoms with van der Waals surface area (Å²) >= 11 is 0. The Kier molecular flexibility index (Phi) is 4.44. The summed E-state index contributed by atoms with van der Waals surface area (Å²) in [7, 11) is 0. The fourth-order valence-corrected chi connectivity index (χ4v) is 2.26. The first-order valence-electron chi connectivity index (χ1n) is 7.26. The van der Waals surface area contributed by atoms with Gasteiger partial charge in [0.15, 0.2) is 0 Å². The van der Waals surface area contributed by atoms with Gasteiger partial charge in [-0.05, 0) is 36.4 Å². The molecule has 0 spiro atoms. The second kappa shape index (κ2) is 6.84. The minimum Gasteiger partial charge on any atom is -0.308 e. The summed E-state index contributed by atoms with van der Waals surface area (Å²) in [4.78, 5) is 34.1. The van der Waals surface area contributed by atoms with Gasteiger partial charge in [0.05, 0.1) is 0 Å². The summed E-state index contributed by atoms with van der Waals surface area (Å²) in [6.45, 7) is 0. The fraction of sp³-hybridized carbons (Fsp3) is 0.0588. The van der Waals surface area contributed by atoms with E-state index in [-0.39, 0.29) is 11.8 Å².